The van der Waals surface area contributed by atoms with Crippen LogP contribution >= 0.6 is 11.3 Å². The first-order valence-electron chi connectivity index (χ1n) is 5.21. The Kier molecular flexibility index (Phi) is 2.75. The van der Waals surface area contributed by atoms with Crippen molar-refractivity contribution in [2.24, 2.45) is 0 Å². The number of thiophene rings is 1. The van der Waals surface area contributed by atoms with Crippen molar-refractivity contribution >= 4 is 28.1 Å². The molecule has 1 aromatic heterocycles. The maximum atomic E-state index is 13.7. The summed E-state index contributed by atoms with van der Waals surface area (Å²) in [5.74, 6) is -2.70. The van der Waals surface area contributed by atoms with Crippen LogP contribution in [0.4, 0.5) is 8.78 Å². The van der Waals surface area contributed by atoms with Gasteiger partial charge in [0.15, 0.2) is 0 Å². The van der Waals surface area contributed by atoms with Crippen LogP contribution in [0.15, 0.2) is 23.1 Å². The molecule has 1 atom stereocenters. The third-order valence-corrected chi connectivity index (χ3v) is 5.48. The molecule has 1 unspecified atom stereocenters. The fraction of sp³-hybridized carbons (Fsp3) is 0.0833. The summed E-state index contributed by atoms with van der Waals surface area (Å²) in [6, 6.07) is 3.20. The molecule has 0 bridgehead atoms. The Hall–Kier alpha value is -1.60. The number of carboxylic acids is 1. The monoisotopic (exact) mass is 300 g/mol. The first-order chi connectivity index (χ1) is 8.97. The maximum Gasteiger partial charge on any atom is 0.345 e. The molecule has 1 aromatic carbocycles. The maximum absolute atomic E-state index is 13.7. The number of hydrogen-bond donors (Lipinski definition) is 1. The van der Waals surface area contributed by atoms with E-state index in [4.69, 9.17) is 5.11 Å². The van der Waals surface area contributed by atoms with E-state index < -0.39 is 28.4 Å². The summed E-state index contributed by atoms with van der Waals surface area (Å²) in [7, 11) is -1.50. The minimum absolute atomic E-state index is 0.0101. The molecule has 19 heavy (non-hydrogen) atoms. The second-order valence-electron chi connectivity index (χ2n) is 4.01. The Morgan fingerprint density at radius 3 is 2.74 bits per heavy atom. The Bertz CT molecular complexity index is 737. The average molecular weight is 300 g/mol. The molecule has 0 saturated heterocycles. The van der Waals surface area contributed by atoms with E-state index in [0.29, 0.717) is 15.3 Å². The molecule has 98 valence electrons. The van der Waals surface area contributed by atoms with Crippen LogP contribution < -0.4 is 0 Å². The molecule has 0 radical (unpaired) electrons. The summed E-state index contributed by atoms with van der Waals surface area (Å²) >= 11 is 0.881. The second kappa shape index (κ2) is 4.21. The van der Waals surface area contributed by atoms with E-state index in [1.165, 1.54) is 6.07 Å². The lowest BCUT2D eigenvalue weighted by molar-refractivity contribution is 0.0702. The number of benzene rings is 1. The van der Waals surface area contributed by atoms with Gasteiger partial charge in [0.05, 0.1) is 26.3 Å². The molecule has 1 aliphatic heterocycles. The highest BCUT2D eigenvalue weighted by atomic mass is 32.2. The fourth-order valence-electron chi connectivity index (χ4n) is 2.00. The summed E-state index contributed by atoms with van der Waals surface area (Å²) in [4.78, 5) is 11.6. The van der Waals surface area contributed by atoms with Crippen molar-refractivity contribution in [3.63, 3.8) is 0 Å². The molecule has 1 N–H and O–H groups in total. The van der Waals surface area contributed by atoms with Gasteiger partial charge in [0.1, 0.15) is 16.5 Å². The summed E-state index contributed by atoms with van der Waals surface area (Å²) in [6.07, 6.45) is 0. The number of fused-ring (bicyclic) bond motifs is 3. The largest absolute Gasteiger partial charge is 0.477 e. The van der Waals surface area contributed by atoms with Crippen LogP contribution in [-0.2, 0) is 16.6 Å². The molecule has 0 saturated carbocycles. The molecule has 0 fully saturated rings. The first-order valence-corrected chi connectivity index (χ1v) is 7.34. The van der Waals surface area contributed by atoms with Gasteiger partial charge in [0, 0.05) is 17.2 Å². The van der Waals surface area contributed by atoms with Gasteiger partial charge in [0.2, 0.25) is 0 Å². The number of carboxylic acid groups (broad SMARTS) is 1. The first kappa shape index (κ1) is 12.4. The highest BCUT2D eigenvalue weighted by Crippen LogP contribution is 2.42. The average Bonchev–Trinajstić information content (AvgIpc) is 2.77. The topological polar surface area (TPSA) is 54.4 Å². The zero-order valence-corrected chi connectivity index (χ0v) is 10.9. The van der Waals surface area contributed by atoms with Gasteiger partial charge in [0.25, 0.3) is 0 Å². The van der Waals surface area contributed by atoms with Crippen molar-refractivity contribution in [1.82, 2.24) is 0 Å². The van der Waals surface area contributed by atoms with Crippen molar-refractivity contribution < 1.29 is 22.9 Å². The van der Waals surface area contributed by atoms with Crippen molar-refractivity contribution in [3.05, 3.63) is 40.3 Å². The molecule has 7 heteroatoms. The minimum Gasteiger partial charge on any atom is -0.477 e. The molecule has 2 aromatic rings. The van der Waals surface area contributed by atoms with Crippen molar-refractivity contribution in [2.75, 3.05) is 0 Å². The van der Waals surface area contributed by atoms with E-state index in [9.17, 15) is 17.8 Å². The number of carbonyl (C=O) groups is 1. The van der Waals surface area contributed by atoms with Crippen LogP contribution in [0.5, 0.6) is 0 Å². The molecule has 0 spiro atoms. The van der Waals surface area contributed by atoms with Crippen LogP contribution in [0.3, 0.4) is 0 Å². The summed E-state index contributed by atoms with van der Waals surface area (Å²) in [5.41, 5.74) is 0.468. The molecule has 1 aliphatic rings. The lowest BCUT2D eigenvalue weighted by Crippen LogP contribution is -2.07. The standard InChI is InChI=1S/C12H6F2O3S2/c13-5-1-6-7(8(14)2-5)4-19(17)10-3-9(12(15)16)18-11(6)10/h1-3H,4H2,(H,15,16). The van der Waals surface area contributed by atoms with E-state index in [-0.39, 0.29) is 16.2 Å². The quantitative estimate of drug-likeness (QED) is 0.881. The van der Waals surface area contributed by atoms with Gasteiger partial charge in [-0.2, -0.15) is 0 Å². The van der Waals surface area contributed by atoms with Gasteiger partial charge in [-0.15, -0.1) is 11.3 Å². The lowest BCUT2D eigenvalue weighted by atomic mass is 10.1. The lowest BCUT2D eigenvalue weighted by Gasteiger charge is -2.16. The SMILES string of the molecule is O=C(O)c1cc2c(s1)-c1cc(F)cc(F)c1CS2=O. The fourth-order valence-corrected chi connectivity index (χ4v) is 4.69. The predicted molar refractivity (Wildman–Crippen MR) is 66.7 cm³/mol. The molecular weight excluding hydrogens is 294 g/mol. The second-order valence-corrected chi connectivity index (χ2v) is 6.48. The number of rotatable bonds is 1. The van der Waals surface area contributed by atoms with Crippen molar-refractivity contribution in [3.8, 4) is 10.4 Å². The molecule has 3 rings (SSSR count). The molecule has 0 amide bonds. The van der Waals surface area contributed by atoms with Gasteiger partial charge in [-0.3, -0.25) is 4.21 Å². The van der Waals surface area contributed by atoms with E-state index in [1.54, 1.807) is 0 Å². The Morgan fingerprint density at radius 2 is 2.05 bits per heavy atom. The van der Waals surface area contributed by atoms with Gasteiger partial charge >= 0.3 is 5.97 Å². The minimum atomic E-state index is -1.50. The van der Waals surface area contributed by atoms with Crippen molar-refractivity contribution in [1.29, 1.82) is 0 Å². The third kappa shape index (κ3) is 1.89. The summed E-state index contributed by atoms with van der Waals surface area (Å²) in [5, 5.41) is 8.94. The number of halogens is 2. The Morgan fingerprint density at radius 1 is 1.32 bits per heavy atom. The number of aromatic carboxylic acids is 1. The van der Waals surface area contributed by atoms with Crippen LogP contribution in [-0.4, -0.2) is 15.3 Å². The summed E-state index contributed by atoms with van der Waals surface area (Å²) < 4.78 is 38.9. The van der Waals surface area contributed by atoms with E-state index in [1.807, 2.05) is 0 Å². The van der Waals surface area contributed by atoms with Gasteiger partial charge in [-0.05, 0) is 12.1 Å². The van der Waals surface area contributed by atoms with Gasteiger partial charge in [-0.25, -0.2) is 13.6 Å². The van der Waals surface area contributed by atoms with Crippen LogP contribution in [0.25, 0.3) is 10.4 Å². The molecule has 0 aliphatic carbocycles. The highest BCUT2D eigenvalue weighted by Gasteiger charge is 2.28. The van der Waals surface area contributed by atoms with Crippen LogP contribution in [0.2, 0.25) is 0 Å². The highest BCUT2D eigenvalue weighted by molar-refractivity contribution is 7.84. The smallest absolute Gasteiger partial charge is 0.345 e. The third-order valence-electron chi connectivity index (χ3n) is 2.83. The zero-order chi connectivity index (χ0) is 13.7. The Balaban J connectivity index is 2.31. The van der Waals surface area contributed by atoms with Crippen LogP contribution in [0.1, 0.15) is 15.2 Å². The van der Waals surface area contributed by atoms with Gasteiger partial charge < -0.3 is 5.11 Å². The van der Waals surface area contributed by atoms with E-state index in [0.717, 1.165) is 23.5 Å². The zero-order valence-electron chi connectivity index (χ0n) is 9.28. The Labute approximate surface area is 113 Å². The van der Waals surface area contributed by atoms with Gasteiger partial charge in [-0.1, -0.05) is 0 Å². The van der Waals surface area contributed by atoms with E-state index in [2.05, 4.69) is 0 Å². The summed E-state index contributed by atoms with van der Waals surface area (Å²) in [6.45, 7) is 0. The predicted octanol–water partition coefficient (Wildman–Crippen LogP) is 3.01. The van der Waals surface area contributed by atoms with Crippen molar-refractivity contribution in [2.45, 2.75) is 10.6 Å². The molecule has 3 nitrogen and oxygen atoms in total. The van der Waals surface area contributed by atoms with E-state index >= 15 is 0 Å². The molecular formula is C12H6F2O3S2. The number of hydrogen-bond acceptors (Lipinski definition) is 3. The normalized spacial score (nSPS) is 16.8. The molecule has 2 heterocycles. The van der Waals surface area contributed by atoms with Crippen LogP contribution in [0, 0.1) is 11.6 Å².